The van der Waals surface area contributed by atoms with Crippen molar-refractivity contribution >= 4 is 26.0 Å². The summed E-state index contributed by atoms with van der Waals surface area (Å²) in [6.45, 7) is 2.17. The van der Waals surface area contributed by atoms with Crippen LogP contribution in [-0.2, 0) is 10.0 Å². The lowest BCUT2D eigenvalue weighted by molar-refractivity contribution is 0.545. The Labute approximate surface area is 103 Å². The zero-order valence-electron chi connectivity index (χ0n) is 8.78. The molecule has 0 aliphatic heterocycles. The predicted octanol–water partition coefficient (Wildman–Crippen LogP) is 2.13. The van der Waals surface area contributed by atoms with Crippen molar-refractivity contribution in [1.29, 1.82) is 0 Å². The van der Waals surface area contributed by atoms with E-state index in [0.717, 1.165) is 6.07 Å². The van der Waals surface area contributed by atoms with Gasteiger partial charge >= 0.3 is 0 Å². The minimum atomic E-state index is -3.74. The highest BCUT2D eigenvalue weighted by Gasteiger charge is 2.18. The summed E-state index contributed by atoms with van der Waals surface area (Å²) in [5, 5.41) is 0.687. The third kappa shape index (κ3) is 3.54. The Bertz CT molecular complexity index is 450. The number of alkyl halides is 1. The van der Waals surface area contributed by atoms with Crippen molar-refractivity contribution in [1.82, 2.24) is 4.72 Å². The Hall–Kier alpha value is -0.460. The third-order valence-electron chi connectivity index (χ3n) is 2.01. The van der Waals surface area contributed by atoms with Crippen LogP contribution in [0.15, 0.2) is 29.2 Å². The predicted molar refractivity (Wildman–Crippen MR) is 64.5 cm³/mol. The van der Waals surface area contributed by atoms with Crippen LogP contribution in [0.3, 0.4) is 0 Å². The molecule has 1 unspecified atom stereocenters. The molecular weight excluding hydrogens is 297 g/mol. The molecule has 0 spiro atoms. The van der Waals surface area contributed by atoms with Crippen molar-refractivity contribution in [2.75, 3.05) is 11.9 Å². The molecule has 0 aliphatic carbocycles. The Morgan fingerprint density at radius 3 is 2.62 bits per heavy atom. The van der Waals surface area contributed by atoms with Crippen molar-refractivity contribution in [3.05, 3.63) is 30.1 Å². The molecule has 0 amide bonds. The van der Waals surface area contributed by atoms with Crippen LogP contribution in [0.1, 0.15) is 6.92 Å². The Balaban J connectivity index is 2.83. The molecule has 1 aromatic rings. The SMILES string of the molecule is CC(CBr)CNS(=O)(=O)c1ccccc1F. The fourth-order valence-electron chi connectivity index (χ4n) is 1.05. The lowest BCUT2D eigenvalue weighted by atomic mass is 10.2. The smallest absolute Gasteiger partial charge is 0.211 e. The first-order chi connectivity index (χ1) is 7.47. The molecular formula is C10H13BrFNO2S. The van der Waals surface area contributed by atoms with Gasteiger partial charge in [-0.1, -0.05) is 35.0 Å². The summed E-state index contributed by atoms with van der Waals surface area (Å²) < 4.78 is 39.0. The van der Waals surface area contributed by atoms with E-state index >= 15 is 0 Å². The minimum Gasteiger partial charge on any atom is -0.211 e. The van der Waals surface area contributed by atoms with Crippen molar-refractivity contribution in [3.63, 3.8) is 0 Å². The Kier molecular flexibility index (Phi) is 4.89. The molecule has 16 heavy (non-hydrogen) atoms. The monoisotopic (exact) mass is 309 g/mol. The quantitative estimate of drug-likeness (QED) is 0.847. The van der Waals surface area contributed by atoms with Gasteiger partial charge in [0.05, 0.1) is 0 Å². The van der Waals surface area contributed by atoms with Crippen molar-refractivity contribution in [2.45, 2.75) is 11.8 Å². The number of halogens is 2. The summed E-state index contributed by atoms with van der Waals surface area (Å²) >= 11 is 3.24. The maximum atomic E-state index is 13.3. The van der Waals surface area contributed by atoms with Gasteiger partial charge in [-0.15, -0.1) is 0 Å². The summed E-state index contributed by atoms with van der Waals surface area (Å²) in [5.74, 6) is -0.581. The van der Waals surface area contributed by atoms with Crippen molar-refractivity contribution in [2.24, 2.45) is 5.92 Å². The van der Waals surface area contributed by atoms with Crippen molar-refractivity contribution in [3.8, 4) is 0 Å². The van der Waals surface area contributed by atoms with Crippen LogP contribution in [0.2, 0.25) is 0 Å². The second-order valence-electron chi connectivity index (χ2n) is 3.54. The molecule has 6 heteroatoms. The van der Waals surface area contributed by atoms with Crippen LogP contribution >= 0.6 is 15.9 Å². The number of hydrogen-bond donors (Lipinski definition) is 1. The molecule has 1 aromatic carbocycles. The maximum absolute atomic E-state index is 13.3. The van der Waals surface area contributed by atoms with E-state index in [1.165, 1.54) is 18.2 Å². The van der Waals surface area contributed by atoms with Gasteiger partial charge in [-0.05, 0) is 18.1 Å². The molecule has 1 atom stereocenters. The third-order valence-corrected chi connectivity index (χ3v) is 4.57. The van der Waals surface area contributed by atoms with Gasteiger partial charge in [0.1, 0.15) is 10.7 Å². The van der Waals surface area contributed by atoms with Gasteiger partial charge in [0.15, 0.2) is 0 Å². The van der Waals surface area contributed by atoms with Gasteiger partial charge in [0.25, 0.3) is 0 Å². The largest absolute Gasteiger partial charge is 0.243 e. The van der Waals surface area contributed by atoms with Crippen LogP contribution in [0.25, 0.3) is 0 Å². The Morgan fingerprint density at radius 2 is 2.06 bits per heavy atom. The molecule has 0 bridgehead atoms. The molecule has 0 aliphatic rings. The van der Waals surface area contributed by atoms with E-state index in [9.17, 15) is 12.8 Å². The van der Waals surface area contributed by atoms with Crippen molar-refractivity contribution < 1.29 is 12.8 Å². The fraction of sp³-hybridized carbons (Fsp3) is 0.400. The van der Waals surface area contributed by atoms with E-state index in [1.54, 1.807) is 0 Å². The summed E-state index contributed by atoms with van der Waals surface area (Å²) in [6, 6.07) is 5.32. The summed E-state index contributed by atoms with van der Waals surface area (Å²) in [6.07, 6.45) is 0. The van der Waals surface area contributed by atoms with Gasteiger partial charge in [-0.25, -0.2) is 17.5 Å². The molecule has 0 saturated carbocycles. The molecule has 0 aromatic heterocycles. The normalized spacial score (nSPS) is 13.7. The maximum Gasteiger partial charge on any atom is 0.243 e. The number of hydrogen-bond acceptors (Lipinski definition) is 2. The highest BCUT2D eigenvalue weighted by atomic mass is 79.9. The molecule has 3 nitrogen and oxygen atoms in total. The second-order valence-corrected chi connectivity index (χ2v) is 5.92. The number of benzene rings is 1. The Morgan fingerprint density at radius 1 is 1.44 bits per heavy atom. The van der Waals surface area contributed by atoms with Gasteiger partial charge in [0, 0.05) is 11.9 Å². The van der Waals surface area contributed by atoms with Crippen LogP contribution < -0.4 is 4.72 Å². The average molecular weight is 310 g/mol. The van der Waals surface area contributed by atoms with E-state index in [2.05, 4.69) is 20.7 Å². The van der Waals surface area contributed by atoms with Gasteiger partial charge < -0.3 is 0 Å². The molecule has 0 radical (unpaired) electrons. The van der Waals surface area contributed by atoms with Gasteiger partial charge in [-0.2, -0.15) is 0 Å². The lowest BCUT2D eigenvalue weighted by Crippen LogP contribution is -2.29. The van der Waals surface area contributed by atoms with Gasteiger partial charge in [0.2, 0.25) is 10.0 Å². The van der Waals surface area contributed by atoms with E-state index < -0.39 is 15.8 Å². The summed E-state index contributed by atoms with van der Waals surface area (Å²) in [5.41, 5.74) is 0. The molecule has 0 saturated heterocycles. The number of sulfonamides is 1. The molecule has 1 N–H and O–H groups in total. The zero-order valence-corrected chi connectivity index (χ0v) is 11.2. The standard InChI is InChI=1S/C10H13BrFNO2S/c1-8(6-11)7-13-16(14,15)10-5-3-2-4-9(10)12/h2-5,8,13H,6-7H2,1H3. The minimum absolute atomic E-state index is 0.154. The average Bonchev–Trinajstić information content (AvgIpc) is 2.26. The highest BCUT2D eigenvalue weighted by Crippen LogP contribution is 2.13. The van der Waals surface area contributed by atoms with Gasteiger partial charge in [-0.3, -0.25) is 0 Å². The zero-order chi connectivity index (χ0) is 12.2. The van der Waals surface area contributed by atoms with Crippen LogP contribution in [0.4, 0.5) is 4.39 Å². The van der Waals surface area contributed by atoms with E-state index in [4.69, 9.17) is 0 Å². The molecule has 90 valence electrons. The number of nitrogens with one attached hydrogen (secondary N) is 1. The number of rotatable bonds is 5. The van der Waals surface area contributed by atoms with Crippen LogP contribution in [0.5, 0.6) is 0 Å². The molecule has 1 rings (SSSR count). The summed E-state index contributed by atoms with van der Waals surface area (Å²) in [4.78, 5) is -0.309. The van der Waals surface area contributed by atoms with E-state index in [0.29, 0.717) is 5.33 Å². The van der Waals surface area contributed by atoms with E-state index in [1.807, 2.05) is 6.92 Å². The molecule has 0 fully saturated rings. The topological polar surface area (TPSA) is 46.2 Å². The first-order valence-electron chi connectivity index (χ1n) is 4.77. The highest BCUT2D eigenvalue weighted by molar-refractivity contribution is 9.09. The fourth-order valence-corrected chi connectivity index (χ4v) is 2.52. The first-order valence-corrected chi connectivity index (χ1v) is 7.38. The van der Waals surface area contributed by atoms with Crippen LogP contribution in [-0.4, -0.2) is 20.3 Å². The lowest BCUT2D eigenvalue weighted by Gasteiger charge is -2.10. The van der Waals surface area contributed by atoms with E-state index in [-0.39, 0.29) is 17.4 Å². The molecule has 0 heterocycles. The summed E-state index contributed by atoms with van der Waals surface area (Å²) in [7, 11) is -3.74. The second kappa shape index (κ2) is 5.75. The van der Waals surface area contributed by atoms with Crippen LogP contribution in [0, 0.1) is 11.7 Å². The first kappa shape index (κ1) is 13.6.